The normalized spacial score (nSPS) is 10.5. The SMILES string of the molecule is C/C=C/c1ccc(OCC(=O)N(C)CC)c(OC)c1. The predicted octanol–water partition coefficient (Wildman–Crippen LogP) is 2.59. The first kappa shape index (κ1) is 15.1. The highest BCUT2D eigenvalue weighted by atomic mass is 16.5. The zero-order chi connectivity index (χ0) is 14.3. The lowest BCUT2D eigenvalue weighted by molar-refractivity contribution is -0.131. The number of benzene rings is 1. The number of carbonyl (C=O) groups excluding carboxylic acids is 1. The molecule has 0 unspecified atom stereocenters. The fourth-order valence-electron chi connectivity index (χ4n) is 1.53. The zero-order valence-corrected chi connectivity index (χ0v) is 12.0. The third kappa shape index (κ3) is 4.32. The number of hydrogen-bond donors (Lipinski definition) is 0. The second-order valence-electron chi connectivity index (χ2n) is 4.11. The van der Waals surface area contributed by atoms with Crippen molar-refractivity contribution in [2.45, 2.75) is 13.8 Å². The van der Waals surface area contributed by atoms with Crippen LogP contribution < -0.4 is 9.47 Å². The molecule has 0 aromatic heterocycles. The fraction of sp³-hybridized carbons (Fsp3) is 0.400. The number of allylic oxidation sites excluding steroid dienone is 1. The molecule has 19 heavy (non-hydrogen) atoms. The standard InChI is InChI=1S/C15H21NO3/c1-5-7-12-8-9-13(14(10-12)18-4)19-11-15(17)16(3)6-2/h5,7-10H,6,11H2,1-4H3/b7-5+. The molecule has 1 rings (SSSR count). The molecule has 4 heteroatoms. The van der Waals surface area contributed by atoms with Crippen LogP contribution in [0.5, 0.6) is 11.5 Å². The average Bonchev–Trinajstić information content (AvgIpc) is 2.44. The van der Waals surface area contributed by atoms with Gasteiger partial charge >= 0.3 is 0 Å². The van der Waals surface area contributed by atoms with E-state index in [9.17, 15) is 4.79 Å². The Morgan fingerprint density at radius 3 is 2.68 bits per heavy atom. The maximum absolute atomic E-state index is 11.7. The molecule has 4 nitrogen and oxygen atoms in total. The Bertz CT molecular complexity index is 455. The molecule has 0 saturated heterocycles. The van der Waals surface area contributed by atoms with Crippen molar-refractivity contribution in [2.75, 3.05) is 27.3 Å². The summed E-state index contributed by atoms with van der Waals surface area (Å²) in [6.45, 7) is 4.56. The first-order valence-corrected chi connectivity index (χ1v) is 6.29. The summed E-state index contributed by atoms with van der Waals surface area (Å²) in [5.74, 6) is 1.15. The Balaban J connectivity index is 2.75. The molecular weight excluding hydrogens is 242 g/mol. The Hall–Kier alpha value is -1.97. The van der Waals surface area contributed by atoms with Crippen LogP contribution in [0.15, 0.2) is 24.3 Å². The lowest BCUT2D eigenvalue weighted by atomic mass is 10.2. The zero-order valence-electron chi connectivity index (χ0n) is 12.0. The minimum absolute atomic E-state index is 0.0175. The molecule has 0 aliphatic heterocycles. The van der Waals surface area contributed by atoms with Crippen LogP contribution in [-0.4, -0.2) is 38.1 Å². The maximum Gasteiger partial charge on any atom is 0.260 e. The van der Waals surface area contributed by atoms with Crippen molar-refractivity contribution in [1.82, 2.24) is 4.90 Å². The van der Waals surface area contributed by atoms with Gasteiger partial charge in [0.25, 0.3) is 5.91 Å². The lowest BCUT2D eigenvalue weighted by Gasteiger charge is -2.16. The van der Waals surface area contributed by atoms with Gasteiger partial charge in [0.2, 0.25) is 0 Å². The predicted molar refractivity (Wildman–Crippen MR) is 76.5 cm³/mol. The van der Waals surface area contributed by atoms with E-state index in [0.717, 1.165) is 5.56 Å². The van der Waals surface area contributed by atoms with E-state index in [1.807, 2.05) is 44.2 Å². The Kier molecular flexibility index (Phi) is 5.93. The number of rotatable bonds is 6. The number of methoxy groups -OCH3 is 1. The van der Waals surface area contributed by atoms with E-state index in [2.05, 4.69) is 0 Å². The molecule has 0 bridgehead atoms. The van der Waals surface area contributed by atoms with Crippen LogP contribution in [0.4, 0.5) is 0 Å². The fourth-order valence-corrected chi connectivity index (χ4v) is 1.53. The van der Waals surface area contributed by atoms with Crippen LogP contribution in [0.2, 0.25) is 0 Å². The third-order valence-corrected chi connectivity index (χ3v) is 2.80. The van der Waals surface area contributed by atoms with Gasteiger partial charge in [0, 0.05) is 13.6 Å². The molecule has 0 fully saturated rings. The molecular formula is C15H21NO3. The molecule has 0 aliphatic rings. The molecule has 1 aromatic carbocycles. The summed E-state index contributed by atoms with van der Waals surface area (Å²) in [5.41, 5.74) is 1.03. The largest absolute Gasteiger partial charge is 0.493 e. The van der Waals surface area contributed by atoms with Gasteiger partial charge in [-0.05, 0) is 31.5 Å². The molecule has 0 aliphatic carbocycles. The van der Waals surface area contributed by atoms with E-state index in [4.69, 9.17) is 9.47 Å². The van der Waals surface area contributed by atoms with Gasteiger partial charge in [0.05, 0.1) is 7.11 Å². The highest BCUT2D eigenvalue weighted by Gasteiger charge is 2.10. The second-order valence-corrected chi connectivity index (χ2v) is 4.11. The number of ether oxygens (including phenoxy) is 2. The smallest absolute Gasteiger partial charge is 0.260 e. The number of nitrogens with zero attached hydrogens (tertiary/aromatic N) is 1. The minimum Gasteiger partial charge on any atom is -0.493 e. The van der Waals surface area contributed by atoms with E-state index in [0.29, 0.717) is 18.0 Å². The maximum atomic E-state index is 11.7. The van der Waals surface area contributed by atoms with Gasteiger partial charge < -0.3 is 14.4 Å². The van der Waals surface area contributed by atoms with Gasteiger partial charge in [-0.1, -0.05) is 18.2 Å². The summed E-state index contributed by atoms with van der Waals surface area (Å²) in [6, 6.07) is 5.61. The van der Waals surface area contributed by atoms with Crippen molar-refractivity contribution in [3.63, 3.8) is 0 Å². The molecule has 0 N–H and O–H groups in total. The number of amides is 1. The highest BCUT2D eigenvalue weighted by Crippen LogP contribution is 2.28. The van der Waals surface area contributed by atoms with Gasteiger partial charge in [-0.3, -0.25) is 4.79 Å². The quantitative estimate of drug-likeness (QED) is 0.792. The molecule has 1 amide bonds. The van der Waals surface area contributed by atoms with Crippen LogP contribution >= 0.6 is 0 Å². The van der Waals surface area contributed by atoms with Crippen LogP contribution in [0.1, 0.15) is 19.4 Å². The average molecular weight is 263 g/mol. The molecule has 104 valence electrons. The Labute approximate surface area is 114 Å². The van der Waals surface area contributed by atoms with Crippen molar-refractivity contribution in [3.8, 4) is 11.5 Å². The summed E-state index contributed by atoms with van der Waals surface area (Å²) < 4.78 is 10.8. The van der Waals surface area contributed by atoms with Gasteiger partial charge in [-0.2, -0.15) is 0 Å². The topological polar surface area (TPSA) is 38.8 Å². The summed E-state index contributed by atoms with van der Waals surface area (Å²) >= 11 is 0. The first-order valence-electron chi connectivity index (χ1n) is 6.29. The molecule has 0 radical (unpaired) electrons. The Morgan fingerprint density at radius 1 is 1.37 bits per heavy atom. The van der Waals surface area contributed by atoms with Gasteiger partial charge in [-0.15, -0.1) is 0 Å². The third-order valence-electron chi connectivity index (χ3n) is 2.80. The second kappa shape index (κ2) is 7.46. The van der Waals surface area contributed by atoms with Crippen molar-refractivity contribution in [1.29, 1.82) is 0 Å². The van der Waals surface area contributed by atoms with Crippen molar-refractivity contribution >= 4 is 12.0 Å². The van der Waals surface area contributed by atoms with Crippen LogP contribution in [-0.2, 0) is 4.79 Å². The number of hydrogen-bond acceptors (Lipinski definition) is 3. The van der Waals surface area contributed by atoms with Crippen molar-refractivity contribution in [3.05, 3.63) is 29.8 Å². The van der Waals surface area contributed by atoms with E-state index in [1.54, 1.807) is 19.1 Å². The van der Waals surface area contributed by atoms with Gasteiger partial charge in [0.1, 0.15) is 0 Å². The summed E-state index contributed by atoms with van der Waals surface area (Å²) in [6.07, 6.45) is 3.93. The first-order chi connectivity index (χ1) is 9.12. The van der Waals surface area contributed by atoms with Crippen molar-refractivity contribution < 1.29 is 14.3 Å². The molecule has 1 aromatic rings. The monoisotopic (exact) mass is 263 g/mol. The molecule has 0 heterocycles. The Morgan fingerprint density at radius 2 is 2.11 bits per heavy atom. The van der Waals surface area contributed by atoms with Crippen LogP contribution in [0.3, 0.4) is 0 Å². The van der Waals surface area contributed by atoms with Gasteiger partial charge in [-0.25, -0.2) is 0 Å². The van der Waals surface area contributed by atoms with E-state index in [1.165, 1.54) is 0 Å². The van der Waals surface area contributed by atoms with E-state index in [-0.39, 0.29) is 12.5 Å². The number of likely N-dealkylation sites (N-methyl/N-ethyl adjacent to an activating group) is 1. The van der Waals surface area contributed by atoms with Crippen LogP contribution in [0, 0.1) is 0 Å². The summed E-state index contributed by atoms with van der Waals surface area (Å²) in [5, 5.41) is 0. The lowest BCUT2D eigenvalue weighted by Crippen LogP contribution is -2.31. The molecule has 0 spiro atoms. The molecule has 0 atom stereocenters. The molecule has 0 saturated carbocycles. The van der Waals surface area contributed by atoms with E-state index < -0.39 is 0 Å². The van der Waals surface area contributed by atoms with Gasteiger partial charge in [0.15, 0.2) is 18.1 Å². The highest BCUT2D eigenvalue weighted by molar-refractivity contribution is 5.77. The summed E-state index contributed by atoms with van der Waals surface area (Å²) in [4.78, 5) is 13.3. The minimum atomic E-state index is -0.0536. The number of carbonyl (C=O) groups is 1. The van der Waals surface area contributed by atoms with E-state index >= 15 is 0 Å². The van der Waals surface area contributed by atoms with Crippen molar-refractivity contribution in [2.24, 2.45) is 0 Å². The summed E-state index contributed by atoms with van der Waals surface area (Å²) in [7, 11) is 3.33. The van der Waals surface area contributed by atoms with Crippen LogP contribution in [0.25, 0.3) is 6.08 Å².